The number of carboxylic acids is 1. The highest BCUT2D eigenvalue weighted by Gasteiger charge is 2.26. The van der Waals surface area contributed by atoms with Crippen LogP contribution in [0.5, 0.6) is 0 Å². The SMILES string of the molecule is CC(C)(C)OC(=O)Nc1sc(C2CCC2)cc1C(=O)O. The monoisotopic (exact) mass is 297 g/mol. The molecule has 1 aromatic heterocycles. The van der Waals surface area contributed by atoms with Crippen LogP contribution in [0.2, 0.25) is 0 Å². The van der Waals surface area contributed by atoms with Crippen LogP contribution in [-0.4, -0.2) is 22.8 Å². The normalized spacial score (nSPS) is 15.6. The fraction of sp³-hybridized carbons (Fsp3) is 0.571. The van der Waals surface area contributed by atoms with E-state index in [0.717, 1.165) is 17.7 Å². The quantitative estimate of drug-likeness (QED) is 0.882. The third-order valence-corrected chi connectivity index (χ3v) is 4.32. The summed E-state index contributed by atoms with van der Waals surface area (Å²) in [6.07, 6.45) is 2.73. The molecule has 0 aliphatic heterocycles. The average molecular weight is 297 g/mol. The minimum atomic E-state index is -1.03. The van der Waals surface area contributed by atoms with Crippen molar-refractivity contribution in [2.75, 3.05) is 5.32 Å². The maximum absolute atomic E-state index is 11.7. The van der Waals surface area contributed by atoms with Gasteiger partial charge in [0.05, 0.1) is 5.56 Å². The molecule has 1 aliphatic carbocycles. The van der Waals surface area contributed by atoms with Gasteiger partial charge in [-0.15, -0.1) is 11.3 Å². The van der Waals surface area contributed by atoms with Crippen molar-refractivity contribution in [2.45, 2.75) is 51.6 Å². The van der Waals surface area contributed by atoms with Gasteiger partial charge in [0.1, 0.15) is 10.6 Å². The number of hydrogen-bond donors (Lipinski definition) is 2. The van der Waals surface area contributed by atoms with Crippen molar-refractivity contribution in [3.63, 3.8) is 0 Å². The van der Waals surface area contributed by atoms with Crippen LogP contribution in [-0.2, 0) is 4.74 Å². The van der Waals surface area contributed by atoms with Crippen molar-refractivity contribution in [2.24, 2.45) is 0 Å². The Morgan fingerprint density at radius 1 is 1.40 bits per heavy atom. The molecule has 0 saturated heterocycles. The van der Waals surface area contributed by atoms with Crippen LogP contribution in [0.4, 0.5) is 9.80 Å². The Hall–Kier alpha value is -1.56. The van der Waals surface area contributed by atoms with Crippen LogP contribution >= 0.6 is 11.3 Å². The molecule has 0 bridgehead atoms. The predicted molar refractivity (Wildman–Crippen MR) is 77.7 cm³/mol. The van der Waals surface area contributed by atoms with Gasteiger partial charge in [0, 0.05) is 4.88 Å². The molecular formula is C14H19NO4S. The molecular weight excluding hydrogens is 278 g/mol. The van der Waals surface area contributed by atoms with E-state index < -0.39 is 17.7 Å². The molecule has 1 aliphatic rings. The molecule has 0 unspecified atom stereocenters. The van der Waals surface area contributed by atoms with Crippen LogP contribution in [0.1, 0.15) is 61.2 Å². The topological polar surface area (TPSA) is 75.6 Å². The molecule has 0 atom stereocenters. The molecule has 2 rings (SSSR count). The minimum absolute atomic E-state index is 0.141. The molecule has 0 radical (unpaired) electrons. The third-order valence-electron chi connectivity index (χ3n) is 3.10. The van der Waals surface area contributed by atoms with E-state index >= 15 is 0 Å². The first-order valence-corrected chi connectivity index (χ1v) is 7.45. The van der Waals surface area contributed by atoms with Crippen molar-refractivity contribution >= 4 is 28.4 Å². The third kappa shape index (κ3) is 3.50. The van der Waals surface area contributed by atoms with E-state index in [4.69, 9.17) is 4.74 Å². The summed E-state index contributed by atoms with van der Waals surface area (Å²) in [6.45, 7) is 5.29. The fourth-order valence-electron chi connectivity index (χ4n) is 1.95. The Kier molecular flexibility index (Phi) is 4.04. The summed E-state index contributed by atoms with van der Waals surface area (Å²) in [4.78, 5) is 24.0. The van der Waals surface area contributed by atoms with E-state index in [1.54, 1.807) is 26.8 Å². The lowest BCUT2D eigenvalue weighted by atomic mass is 9.84. The summed E-state index contributed by atoms with van der Waals surface area (Å²) in [7, 11) is 0. The maximum Gasteiger partial charge on any atom is 0.412 e. The zero-order valence-electron chi connectivity index (χ0n) is 11.9. The van der Waals surface area contributed by atoms with E-state index in [1.807, 2.05) is 0 Å². The van der Waals surface area contributed by atoms with Gasteiger partial charge in [0.25, 0.3) is 0 Å². The molecule has 20 heavy (non-hydrogen) atoms. The molecule has 5 nitrogen and oxygen atoms in total. The number of rotatable bonds is 3. The van der Waals surface area contributed by atoms with Crippen molar-refractivity contribution < 1.29 is 19.4 Å². The highest BCUT2D eigenvalue weighted by Crippen LogP contribution is 2.42. The second kappa shape index (κ2) is 5.44. The van der Waals surface area contributed by atoms with Crippen LogP contribution in [0.3, 0.4) is 0 Å². The Bertz CT molecular complexity index is 526. The van der Waals surface area contributed by atoms with E-state index in [1.165, 1.54) is 17.8 Å². The van der Waals surface area contributed by atoms with Gasteiger partial charge < -0.3 is 9.84 Å². The molecule has 1 aromatic rings. The van der Waals surface area contributed by atoms with Gasteiger partial charge in [0.2, 0.25) is 0 Å². The minimum Gasteiger partial charge on any atom is -0.478 e. The van der Waals surface area contributed by atoms with Gasteiger partial charge in [-0.3, -0.25) is 5.32 Å². The molecule has 0 aromatic carbocycles. The molecule has 110 valence electrons. The van der Waals surface area contributed by atoms with Crippen molar-refractivity contribution in [3.05, 3.63) is 16.5 Å². The van der Waals surface area contributed by atoms with Gasteiger partial charge in [-0.05, 0) is 45.6 Å². The van der Waals surface area contributed by atoms with Crippen molar-refractivity contribution in [1.29, 1.82) is 0 Å². The molecule has 6 heteroatoms. The summed E-state index contributed by atoms with van der Waals surface area (Å²) in [5, 5.41) is 12.1. The molecule has 1 heterocycles. The first-order valence-electron chi connectivity index (χ1n) is 6.63. The average Bonchev–Trinajstić information content (AvgIpc) is 2.55. The van der Waals surface area contributed by atoms with Gasteiger partial charge >= 0.3 is 12.1 Å². The van der Waals surface area contributed by atoms with Crippen LogP contribution in [0.25, 0.3) is 0 Å². The second-order valence-corrected chi connectivity index (χ2v) is 7.04. The number of ether oxygens (including phenoxy) is 1. The Labute approximate surface area is 121 Å². The summed E-state index contributed by atoms with van der Waals surface area (Å²) >= 11 is 1.33. The Morgan fingerprint density at radius 2 is 2.05 bits per heavy atom. The lowest BCUT2D eigenvalue weighted by Gasteiger charge is -2.23. The molecule has 0 spiro atoms. The predicted octanol–water partition coefficient (Wildman–Crippen LogP) is 4.06. The van der Waals surface area contributed by atoms with Gasteiger partial charge in [-0.25, -0.2) is 9.59 Å². The number of carbonyl (C=O) groups excluding carboxylic acids is 1. The smallest absolute Gasteiger partial charge is 0.412 e. The van der Waals surface area contributed by atoms with E-state index in [0.29, 0.717) is 10.9 Å². The number of carboxylic acid groups (broad SMARTS) is 1. The standard InChI is InChI=1S/C14H19NO4S/c1-14(2,3)19-13(18)15-11-9(12(16)17)7-10(20-11)8-5-4-6-8/h7-8H,4-6H2,1-3H3,(H,15,18)(H,16,17). The number of nitrogens with one attached hydrogen (secondary N) is 1. The van der Waals surface area contributed by atoms with Gasteiger partial charge in [-0.1, -0.05) is 6.42 Å². The first kappa shape index (κ1) is 14.8. The van der Waals surface area contributed by atoms with E-state index in [-0.39, 0.29) is 5.56 Å². The maximum atomic E-state index is 11.7. The number of hydrogen-bond acceptors (Lipinski definition) is 4. The zero-order valence-corrected chi connectivity index (χ0v) is 12.7. The second-order valence-electron chi connectivity index (χ2n) is 5.95. The van der Waals surface area contributed by atoms with E-state index in [2.05, 4.69) is 5.32 Å². The summed E-state index contributed by atoms with van der Waals surface area (Å²) < 4.78 is 5.15. The number of amides is 1. The fourth-order valence-corrected chi connectivity index (χ4v) is 3.16. The lowest BCUT2D eigenvalue weighted by Crippen LogP contribution is -2.27. The van der Waals surface area contributed by atoms with Gasteiger partial charge in [-0.2, -0.15) is 0 Å². The highest BCUT2D eigenvalue weighted by molar-refractivity contribution is 7.16. The molecule has 1 fully saturated rings. The summed E-state index contributed by atoms with van der Waals surface area (Å²) in [5.74, 6) is -0.592. The van der Waals surface area contributed by atoms with Gasteiger partial charge in [0.15, 0.2) is 0 Å². The van der Waals surface area contributed by atoms with Crippen molar-refractivity contribution in [3.8, 4) is 0 Å². The zero-order chi connectivity index (χ0) is 14.9. The molecule has 2 N–H and O–H groups in total. The number of carbonyl (C=O) groups is 2. The first-order chi connectivity index (χ1) is 9.26. The van der Waals surface area contributed by atoms with Crippen molar-refractivity contribution in [1.82, 2.24) is 0 Å². The summed E-state index contributed by atoms with van der Waals surface area (Å²) in [6, 6.07) is 1.67. The van der Waals surface area contributed by atoms with Crippen LogP contribution in [0, 0.1) is 0 Å². The highest BCUT2D eigenvalue weighted by atomic mass is 32.1. The van der Waals surface area contributed by atoms with Crippen LogP contribution < -0.4 is 5.32 Å². The Morgan fingerprint density at radius 3 is 2.50 bits per heavy atom. The van der Waals surface area contributed by atoms with E-state index in [9.17, 15) is 14.7 Å². The lowest BCUT2D eigenvalue weighted by molar-refractivity contribution is 0.0636. The molecule has 1 saturated carbocycles. The Balaban J connectivity index is 2.15. The summed E-state index contributed by atoms with van der Waals surface area (Å²) in [5.41, 5.74) is -0.468. The number of aromatic carboxylic acids is 1. The number of thiophene rings is 1. The number of anilines is 1. The molecule has 1 amide bonds. The largest absolute Gasteiger partial charge is 0.478 e. The van der Waals surface area contributed by atoms with Crippen LogP contribution in [0.15, 0.2) is 6.07 Å².